The van der Waals surface area contributed by atoms with E-state index in [-0.39, 0.29) is 5.01 Å². The van der Waals surface area contributed by atoms with Crippen LogP contribution in [0.2, 0.25) is 0 Å². The number of primary amides is 1. The standard InChI is InChI=1S/C2H3N3O2/c1-5(4-7)2(3)6/h1H,(H2,3,6). The monoisotopic (exact) mass is 101 g/mol. The highest BCUT2D eigenvalue weighted by Gasteiger charge is 1.98. The van der Waals surface area contributed by atoms with Crippen LogP contribution in [0.25, 0.3) is 0 Å². The molecule has 0 saturated carbocycles. The minimum atomic E-state index is -1.07. The number of carbonyl (C=O) groups excluding carboxylic acids is 1. The SMILES string of the molecule is [CH]N(N=O)C(N)=O. The Bertz CT molecular complexity index is 90.9. The third kappa shape index (κ3) is 1.69. The smallest absolute Gasteiger partial charge is 0.338 e. The Balaban J connectivity index is 3.55. The molecule has 5 nitrogen and oxygen atoms in total. The van der Waals surface area contributed by atoms with Crippen LogP contribution in [-0.2, 0) is 0 Å². The Kier molecular flexibility index (Phi) is 1.78. The van der Waals surface area contributed by atoms with Gasteiger partial charge in [-0.15, -0.1) is 4.91 Å². The third-order valence-electron chi connectivity index (χ3n) is 0.314. The van der Waals surface area contributed by atoms with Crippen molar-refractivity contribution in [3.63, 3.8) is 0 Å². The maximum atomic E-state index is 9.66. The minimum Gasteiger partial charge on any atom is -0.350 e. The van der Waals surface area contributed by atoms with Gasteiger partial charge in [0.15, 0.2) is 0 Å². The molecule has 0 saturated heterocycles. The van der Waals surface area contributed by atoms with Gasteiger partial charge in [0.1, 0.15) is 7.05 Å². The molecule has 0 rings (SSSR count). The van der Waals surface area contributed by atoms with Gasteiger partial charge in [-0.1, -0.05) is 0 Å². The van der Waals surface area contributed by atoms with Gasteiger partial charge in [0.2, 0.25) is 0 Å². The summed E-state index contributed by atoms with van der Waals surface area (Å²) >= 11 is 0. The van der Waals surface area contributed by atoms with E-state index in [1.165, 1.54) is 0 Å². The first kappa shape index (κ1) is 5.87. The molecule has 2 N–H and O–H groups in total. The van der Waals surface area contributed by atoms with Crippen LogP contribution in [0.5, 0.6) is 0 Å². The third-order valence-corrected chi connectivity index (χ3v) is 0.314. The van der Waals surface area contributed by atoms with Crippen LogP contribution < -0.4 is 5.73 Å². The van der Waals surface area contributed by atoms with Crippen molar-refractivity contribution in [2.75, 3.05) is 0 Å². The van der Waals surface area contributed by atoms with Crippen molar-refractivity contribution in [3.05, 3.63) is 12.0 Å². The van der Waals surface area contributed by atoms with Gasteiger partial charge in [0.25, 0.3) is 0 Å². The van der Waals surface area contributed by atoms with Crippen LogP contribution in [0.1, 0.15) is 0 Å². The summed E-state index contributed by atoms with van der Waals surface area (Å²) in [6.45, 7) is 0. The Hall–Kier alpha value is -1.13. The Morgan fingerprint density at radius 3 is 2.29 bits per heavy atom. The molecule has 0 spiro atoms. The summed E-state index contributed by atoms with van der Waals surface area (Å²) in [5, 5.41) is 1.97. The van der Waals surface area contributed by atoms with E-state index >= 15 is 0 Å². The van der Waals surface area contributed by atoms with Crippen molar-refractivity contribution in [3.8, 4) is 0 Å². The molecule has 2 radical (unpaired) electrons. The van der Waals surface area contributed by atoms with Gasteiger partial charge in [0, 0.05) is 0 Å². The van der Waals surface area contributed by atoms with Crippen molar-refractivity contribution < 1.29 is 4.79 Å². The fourth-order valence-electron chi connectivity index (χ4n) is 0.0402. The lowest BCUT2D eigenvalue weighted by Crippen LogP contribution is -2.24. The molecule has 7 heavy (non-hydrogen) atoms. The van der Waals surface area contributed by atoms with E-state index in [4.69, 9.17) is 0 Å². The molecule has 0 aromatic rings. The molecule has 0 unspecified atom stereocenters. The molecular weight excluding hydrogens is 98.0 g/mol. The van der Waals surface area contributed by atoms with Crippen LogP contribution in [-0.4, -0.2) is 11.0 Å². The Labute approximate surface area is 40.0 Å². The zero-order chi connectivity index (χ0) is 5.86. The second-order valence-electron chi connectivity index (χ2n) is 0.764. The number of nitrogens with zero attached hydrogens (tertiary/aromatic N) is 2. The van der Waals surface area contributed by atoms with Crippen LogP contribution in [0.4, 0.5) is 4.79 Å². The Morgan fingerprint density at radius 2 is 2.29 bits per heavy atom. The average molecular weight is 101 g/mol. The van der Waals surface area contributed by atoms with Crippen LogP contribution >= 0.6 is 0 Å². The predicted molar refractivity (Wildman–Crippen MR) is 21.5 cm³/mol. The molecule has 0 atom stereocenters. The molecule has 0 aliphatic heterocycles. The first-order valence-corrected chi connectivity index (χ1v) is 1.36. The molecular formula is C2H3N3O2. The van der Waals surface area contributed by atoms with Gasteiger partial charge >= 0.3 is 6.03 Å². The van der Waals surface area contributed by atoms with E-state index in [1.54, 1.807) is 0 Å². The summed E-state index contributed by atoms with van der Waals surface area (Å²) in [7, 11) is 4.50. The lowest BCUT2D eigenvalue weighted by atomic mass is 11.0. The number of hydrogen-bond acceptors (Lipinski definition) is 3. The second kappa shape index (κ2) is 2.12. The van der Waals surface area contributed by atoms with E-state index in [0.717, 1.165) is 0 Å². The number of nitrogens with two attached hydrogens (primary N) is 1. The van der Waals surface area contributed by atoms with Gasteiger partial charge in [-0.2, -0.15) is 5.01 Å². The molecule has 2 amide bonds. The molecule has 0 fully saturated rings. The molecule has 5 heteroatoms. The van der Waals surface area contributed by atoms with Crippen LogP contribution in [0.15, 0.2) is 5.29 Å². The van der Waals surface area contributed by atoms with Gasteiger partial charge in [-0.05, 0) is 0 Å². The highest BCUT2D eigenvalue weighted by Crippen LogP contribution is 1.79. The molecule has 0 heterocycles. The zero-order valence-corrected chi connectivity index (χ0v) is 3.37. The molecule has 0 bridgehead atoms. The maximum absolute atomic E-state index is 9.66. The number of nitroso groups, excluding NO2 is 1. The van der Waals surface area contributed by atoms with Crippen LogP contribution in [0.3, 0.4) is 0 Å². The van der Waals surface area contributed by atoms with E-state index in [2.05, 4.69) is 12.8 Å². The van der Waals surface area contributed by atoms with Gasteiger partial charge in [-0.25, -0.2) is 4.79 Å². The normalized spacial score (nSPS) is 7.57. The number of hydrogen-bond donors (Lipinski definition) is 1. The van der Waals surface area contributed by atoms with Crippen molar-refractivity contribution in [2.45, 2.75) is 0 Å². The number of urea groups is 1. The molecule has 38 valence electrons. The summed E-state index contributed by atoms with van der Waals surface area (Å²) in [5.74, 6) is 0. The largest absolute Gasteiger partial charge is 0.350 e. The maximum Gasteiger partial charge on any atom is 0.338 e. The van der Waals surface area contributed by atoms with E-state index in [0.29, 0.717) is 0 Å². The molecule has 0 aromatic carbocycles. The summed E-state index contributed by atoms with van der Waals surface area (Å²) < 4.78 is 0. The lowest BCUT2D eigenvalue weighted by molar-refractivity contribution is 0.225. The molecule has 0 aromatic heterocycles. The molecule has 0 aliphatic rings. The summed E-state index contributed by atoms with van der Waals surface area (Å²) in [6, 6.07) is -1.07. The summed E-state index contributed by atoms with van der Waals surface area (Å²) in [5.41, 5.74) is 4.41. The van der Waals surface area contributed by atoms with Gasteiger partial charge in [0.05, 0.1) is 5.29 Å². The minimum absolute atomic E-state index is 0. The highest BCUT2D eigenvalue weighted by atomic mass is 16.3. The van der Waals surface area contributed by atoms with E-state index in [1.807, 2.05) is 5.29 Å². The van der Waals surface area contributed by atoms with Crippen molar-refractivity contribution in [1.82, 2.24) is 5.01 Å². The van der Waals surface area contributed by atoms with Crippen molar-refractivity contribution in [2.24, 2.45) is 11.0 Å². The summed E-state index contributed by atoms with van der Waals surface area (Å²) in [4.78, 5) is 18.9. The zero-order valence-electron chi connectivity index (χ0n) is 3.37. The molecule has 0 aliphatic carbocycles. The fraction of sp³-hybridized carbons (Fsp3) is 0. The quantitative estimate of drug-likeness (QED) is 0.280. The Morgan fingerprint density at radius 1 is 1.86 bits per heavy atom. The predicted octanol–water partition coefficient (Wildman–Crippen LogP) is -0.283. The van der Waals surface area contributed by atoms with E-state index < -0.39 is 6.03 Å². The van der Waals surface area contributed by atoms with Crippen LogP contribution in [0, 0.1) is 12.0 Å². The second-order valence-corrected chi connectivity index (χ2v) is 0.764. The highest BCUT2D eigenvalue weighted by molar-refractivity contribution is 5.71. The van der Waals surface area contributed by atoms with Gasteiger partial charge < -0.3 is 5.73 Å². The first-order chi connectivity index (χ1) is 3.18. The summed E-state index contributed by atoms with van der Waals surface area (Å²) in [6.07, 6.45) is 0. The van der Waals surface area contributed by atoms with Crippen molar-refractivity contribution >= 4 is 6.03 Å². The lowest BCUT2D eigenvalue weighted by Gasteiger charge is -1.95. The fourth-order valence-corrected chi connectivity index (χ4v) is 0.0402. The van der Waals surface area contributed by atoms with Crippen molar-refractivity contribution in [1.29, 1.82) is 0 Å². The van der Waals surface area contributed by atoms with Gasteiger partial charge in [-0.3, -0.25) is 0 Å². The number of carbonyl (C=O) groups is 1. The average Bonchev–Trinajstić information content (AvgIpc) is 1.65. The topological polar surface area (TPSA) is 75.8 Å². The number of amides is 2. The number of rotatable bonds is 1. The first-order valence-electron chi connectivity index (χ1n) is 1.36. The van der Waals surface area contributed by atoms with E-state index in [9.17, 15) is 9.70 Å².